The van der Waals surface area contributed by atoms with Gasteiger partial charge in [0.25, 0.3) is 0 Å². The highest BCUT2D eigenvalue weighted by molar-refractivity contribution is 5.97. The zero-order valence-corrected chi connectivity index (χ0v) is 15.9. The number of Topliss-reactive ketones (excluding diaryl/α,β-unsaturated/α-hetero) is 1. The third-order valence-corrected chi connectivity index (χ3v) is 6.02. The third-order valence-electron chi connectivity index (χ3n) is 6.02. The van der Waals surface area contributed by atoms with Crippen molar-refractivity contribution in [1.82, 2.24) is 9.55 Å². The standard InChI is InChI=1S/C21H17F3N4O2/c1-9(29)12-8-28(17-3-2-10(22)4-15(17)23)20-11(19(12)30)5-16(24)21(26-20)27-6-13-14(7-27)18(13)25/h2-5,8,13-14,18H,6-7,25H2,1H3. The molecule has 1 saturated carbocycles. The Morgan fingerprint density at radius 2 is 1.83 bits per heavy atom. The number of benzene rings is 1. The van der Waals surface area contributed by atoms with E-state index in [1.54, 1.807) is 4.90 Å². The number of fused-ring (bicyclic) bond motifs is 2. The molecule has 3 heterocycles. The lowest BCUT2D eigenvalue weighted by Crippen LogP contribution is -2.30. The zero-order chi connectivity index (χ0) is 21.3. The van der Waals surface area contributed by atoms with E-state index in [0.717, 1.165) is 18.3 Å². The van der Waals surface area contributed by atoms with Gasteiger partial charge in [-0.3, -0.25) is 14.2 Å². The Balaban J connectivity index is 1.76. The van der Waals surface area contributed by atoms with Crippen molar-refractivity contribution in [3.63, 3.8) is 0 Å². The lowest BCUT2D eigenvalue weighted by Gasteiger charge is -2.22. The summed E-state index contributed by atoms with van der Waals surface area (Å²) in [5.41, 5.74) is 4.88. The van der Waals surface area contributed by atoms with Crippen LogP contribution in [0.25, 0.3) is 16.7 Å². The fourth-order valence-corrected chi connectivity index (χ4v) is 4.29. The van der Waals surface area contributed by atoms with Gasteiger partial charge in [0.05, 0.1) is 16.6 Å². The van der Waals surface area contributed by atoms with Crippen molar-refractivity contribution >= 4 is 22.6 Å². The van der Waals surface area contributed by atoms with E-state index >= 15 is 0 Å². The number of nitrogens with zero attached hydrogens (tertiary/aromatic N) is 3. The van der Waals surface area contributed by atoms with E-state index in [2.05, 4.69) is 4.98 Å². The number of hydrogen-bond donors (Lipinski definition) is 1. The SMILES string of the molecule is CC(=O)c1cn(-c2ccc(F)cc2F)c2nc(N3CC4C(N)C4C3)c(F)cc2c1=O. The van der Waals surface area contributed by atoms with E-state index in [4.69, 9.17) is 5.73 Å². The van der Waals surface area contributed by atoms with Gasteiger partial charge in [0.2, 0.25) is 5.43 Å². The summed E-state index contributed by atoms with van der Waals surface area (Å²) < 4.78 is 44.0. The summed E-state index contributed by atoms with van der Waals surface area (Å²) in [6.07, 6.45) is 1.16. The number of carbonyl (C=O) groups excluding carboxylic acids is 1. The predicted molar refractivity (Wildman–Crippen MR) is 104 cm³/mol. The highest BCUT2D eigenvalue weighted by Gasteiger charge is 2.54. The van der Waals surface area contributed by atoms with Gasteiger partial charge in [-0.2, -0.15) is 0 Å². The van der Waals surface area contributed by atoms with E-state index in [9.17, 15) is 22.8 Å². The molecule has 1 aromatic carbocycles. The maximum atomic E-state index is 14.9. The molecule has 2 N–H and O–H groups in total. The normalized spacial score (nSPS) is 22.4. The summed E-state index contributed by atoms with van der Waals surface area (Å²) in [6, 6.07) is 4.04. The van der Waals surface area contributed by atoms with Crippen molar-refractivity contribution in [3.05, 3.63) is 63.7 Å². The predicted octanol–water partition coefficient (Wildman–Crippen LogP) is 2.40. The first-order valence-corrected chi connectivity index (χ1v) is 9.49. The van der Waals surface area contributed by atoms with Crippen molar-refractivity contribution in [2.45, 2.75) is 13.0 Å². The van der Waals surface area contributed by atoms with E-state index in [0.29, 0.717) is 19.2 Å². The second kappa shape index (κ2) is 6.40. The number of nitrogens with two attached hydrogens (primary N) is 1. The highest BCUT2D eigenvalue weighted by Crippen LogP contribution is 2.45. The van der Waals surface area contributed by atoms with Crippen molar-refractivity contribution in [2.24, 2.45) is 17.6 Å². The second-order valence-corrected chi connectivity index (χ2v) is 7.87. The van der Waals surface area contributed by atoms with Gasteiger partial charge in [0.15, 0.2) is 23.1 Å². The van der Waals surface area contributed by atoms with Crippen LogP contribution < -0.4 is 16.1 Å². The number of carbonyl (C=O) groups is 1. The minimum absolute atomic E-state index is 0.0169. The largest absolute Gasteiger partial charge is 0.353 e. The molecule has 0 amide bonds. The molecule has 1 aliphatic carbocycles. The van der Waals surface area contributed by atoms with Crippen LogP contribution in [0.4, 0.5) is 19.0 Å². The van der Waals surface area contributed by atoms with Crippen molar-refractivity contribution < 1.29 is 18.0 Å². The summed E-state index contributed by atoms with van der Waals surface area (Å²) in [5.74, 6) is -2.36. The summed E-state index contributed by atoms with van der Waals surface area (Å²) in [5, 5.41) is -0.159. The highest BCUT2D eigenvalue weighted by atomic mass is 19.1. The van der Waals surface area contributed by atoms with Gasteiger partial charge >= 0.3 is 0 Å². The molecular formula is C21H17F3N4O2. The molecule has 2 unspecified atom stereocenters. The molecule has 154 valence electrons. The second-order valence-electron chi connectivity index (χ2n) is 7.87. The van der Waals surface area contributed by atoms with Gasteiger partial charge in [-0.1, -0.05) is 0 Å². The molecule has 2 atom stereocenters. The fraction of sp³-hybridized carbons (Fsp3) is 0.286. The van der Waals surface area contributed by atoms with E-state index < -0.39 is 28.7 Å². The molecular weight excluding hydrogens is 397 g/mol. The van der Waals surface area contributed by atoms with Crippen LogP contribution in [-0.4, -0.2) is 34.5 Å². The molecule has 0 spiro atoms. The van der Waals surface area contributed by atoms with Gasteiger partial charge in [-0.25, -0.2) is 18.2 Å². The molecule has 3 aromatic rings. The van der Waals surface area contributed by atoms with E-state index in [1.165, 1.54) is 17.6 Å². The molecule has 30 heavy (non-hydrogen) atoms. The summed E-state index contributed by atoms with van der Waals surface area (Å²) in [7, 11) is 0. The average Bonchev–Trinajstić information content (AvgIpc) is 3.10. The van der Waals surface area contributed by atoms with Gasteiger partial charge in [0, 0.05) is 31.4 Å². The van der Waals surface area contributed by atoms with Gasteiger partial charge in [-0.05, 0) is 37.0 Å². The molecule has 2 aliphatic rings. The van der Waals surface area contributed by atoms with Crippen molar-refractivity contribution in [1.29, 1.82) is 0 Å². The molecule has 1 saturated heterocycles. The summed E-state index contributed by atoms with van der Waals surface area (Å²) >= 11 is 0. The maximum Gasteiger partial charge on any atom is 0.201 e. The molecule has 0 bridgehead atoms. The van der Waals surface area contributed by atoms with Crippen LogP contribution >= 0.6 is 0 Å². The number of aromatic nitrogens is 2. The number of piperidine rings is 1. The lowest BCUT2D eigenvalue weighted by atomic mass is 10.1. The van der Waals surface area contributed by atoms with Crippen LogP contribution in [0.5, 0.6) is 0 Å². The van der Waals surface area contributed by atoms with Crippen LogP contribution in [0, 0.1) is 29.3 Å². The van der Waals surface area contributed by atoms with Crippen LogP contribution in [0.15, 0.2) is 35.3 Å². The van der Waals surface area contributed by atoms with Gasteiger partial charge < -0.3 is 10.6 Å². The first kappa shape index (κ1) is 18.8. The van der Waals surface area contributed by atoms with Crippen LogP contribution in [-0.2, 0) is 0 Å². The number of pyridine rings is 2. The first-order chi connectivity index (χ1) is 14.3. The molecule has 6 nitrogen and oxygen atoms in total. The summed E-state index contributed by atoms with van der Waals surface area (Å²) in [4.78, 5) is 30.8. The number of hydrogen-bond acceptors (Lipinski definition) is 5. The van der Waals surface area contributed by atoms with E-state index in [-0.39, 0.29) is 46.0 Å². The van der Waals surface area contributed by atoms with Crippen molar-refractivity contribution in [3.8, 4) is 5.69 Å². The summed E-state index contributed by atoms with van der Waals surface area (Å²) in [6.45, 7) is 2.27. The molecule has 1 aliphatic heterocycles. The number of ketones is 1. The maximum absolute atomic E-state index is 14.9. The first-order valence-electron chi connectivity index (χ1n) is 9.49. The number of rotatable bonds is 3. The Hall–Kier alpha value is -3.20. The monoisotopic (exact) mass is 414 g/mol. The van der Waals surface area contributed by atoms with Gasteiger partial charge in [0.1, 0.15) is 11.6 Å². The molecule has 2 aromatic heterocycles. The topological polar surface area (TPSA) is 81.2 Å². The lowest BCUT2D eigenvalue weighted by molar-refractivity contribution is 0.101. The van der Waals surface area contributed by atoms with E-state index in [1.807, 2.05) is 0 Å². The third kappa shape index (κ3) is 2.72. The Labute approximate surface area is 168 Å². The minimum Gasteiger partial charge on any atom is -0.353 e. The molecule has 5 rings (SSSR count). The van der Waals surface area contributed by atoms with Crippen molar-refractivity contribution in [2.75, 3.05) is 18.0 Å². The smallest absolute Gasteiger partial charge is 0.201 e. The Morgan fingerprint density at radius 1 is 1.13 bits per heavy atom. The van der Waals surface area contributed by atoms with Crippen LogP contribution in [0.3, 0.4) is 0 Å². The number of halogens is 3. The molecule has 2 fully saturated rings. The molecule has 0 radical (unpaired) electrons. The Morgan fingerprint density at radius 3 is 2.47 bits per heavy atom. The Kier molecular flexibility index (Phi) is 4.01. The van der Waals surface area contributed by atoms with Crippen LogP contribution in [0.1, 0.15) is 17.3 Å². The average molecular weight is 414 g/mol. The van der Waals surface area contributed by atoms with Crippen LogP contribution in [0.2, 0.25) is 0 Å². The zero-order valence-electron chi connectivity index (χ0n) is 15.9. The minimum atomic E-state index is -0.907. The Bertz CT molecular complexity index is 1280. The molecule has 9 heteroatoms. The number of anilines is 1. The van der Waals surface area contributed by atoms with Gasteiger partial charge in [-0.15, -0.1) is 0 Å². The fourth-order valence-electron chi connectivity index (χ4n) is 4.29. The quantitative estimate of drug-likeness (QED) is 0.666.